The fraction of sp³-hybridized carbons (Fsp3) is 0.355. The number of nitrogens with zero attached hydrogens (tertiary/aromatic N) is 9. The second-order valence-electron chi connectivity index (χ2n) is 19.7. The normalized spacial score (nSPS) is 14.6. The van der Waals surface area contributed by atoms with Crippen molar-refractivity contribution in [1.82, 2.24) is 34.7 Å². The van der Waals surface area contributed by atoms with Crippen LogP contribution in [0.2, 0.25) is 0 Å². The zero-order valence-electron chi connectivity index (χ0n) is 49.4. The third kappa shape index (κ3) is 16.1. The number of carbonyl (C=O) groups excluding carboxylic acids is 1. The van der Waals surface area contributed by atoms with Crippen molar-refractivity contribution in [3.63, 3.8) is 0 Å². The molecule has 2 N–H and O–H groups in total. The molecule has 0 aliphatic carbocycles. The first-order valence-corrected chi connectivity index (χ1v) is 29.9. The summed E-state index contributed by atoms with van der Waals surface area (Å²) < 4.78 is 59.4. The predicted molar refractivity (Wildman–Crippen MR) is 331 cm³/mol. The maximum Gasteiger partial charge on any atom is 0.324 e. The molecule has 21 nitrogen and oxygen atoms in total. The van der Waals surface area contributed by atoms with Crippen molar-refractivity contribution >= 4 is 58.5 Å². The van der Waals surface area contributed by atoms with Crippen molar-refractivity contribution in [3.05, 3.63) is 162 Å². The van der Waals surface area contributed by atoms with Gasteiger partial charge in [0.05, 0.1) is 25.6 Å². The van der Waals surface area contributed by atoms with E-state index in [1.54, 1.807) is 77.6 Å². The average molecular weight is 1200 g/mol. The largest absolute Gasteiger partial charge is 0.497 e. The van der Waals surface area contributed by atoms with Crippen molar-refractivity contribution in [1.29, 1.82) is 0 Å². The maximum atomic E-state index is 15.5. The fourth-order valence-electron chi connectivity index (χ4n) is 9.17. The smallest absolute Gasteiger partial charge is 0.324 e. The number of amides is 2. The lowest BCUT2D eigenvalue weighted by Crippen LogP contribution is -2.62. The van der Waals surface area contributed by atoms with E-state index in [2.05, 4.69) is 33.3 Å². The molecule has 3 heterocycles. The highest BCUT2D eigenvalue weighted by Gasteiger charge is 2.57. The monoisotopic (exact) mass is 1200 g/mol. The van der Waals surface area contributed by atoms with E-state index in [9.17, 15) is 4.21 Å². The molecule has 0 fully saturated rings. The molecule has 1 aliphatic rings. The van der Waals surface area contributed by atoms with Crippen molar-refractivity contribution in [2.45, 2.75) is 98.4 Å². The Labute approximate surface area is 503 Å². The molecule has 448 valence electrons. The summed E-state index contributed by atoms with van der Waals surface area (Å²) in [5.74, 6) is 2.39. The van der Waals surface area contributed by atoms with Crippen molar-refractivity contribution in [3.8, 4) is 40.0 Å². The van der Waals surface area contributed by atoms with Gasteiger partial charge < -0.3 is 38.1 Å². The van der Waals surface area contributed by atoms with Gasteiger partial charge in [0.2, 0.25) is 17.8 Å². The van der Waals surface area contributed by atoms with Crippen LogP contribution in [0, 0.1) is 32.1 Å². The Morgan fingerprint density at radius 1 is 0.894 bits per heavy atom. The quantitative estimate of drug-likeness (QED) is 0.00476. The molecule has 4 atom stereocenters. The predicted octanol–water partition coefficient (Wildman–Crippen LogP) is 11.6. The number of aryl methyl sites for hydroxylation is 3. The molecule has 1 aliphatic heterocycles. The zero-order chi connectivity index (χ0) is 60.1. The van der Waals surface area contributed by atoms with Gasteiger partial charge in [-0.2, -0.15) is 14.4 Å². The van der Waals surface area contributed by atoms with E-state index in [-0.39, 0.29) is 24.5 Å². The number of anilines is 2. The number of aliphatic imine (C=N–C) groups is 1. The van der Waals surface area contributed by atoms with Crippen LogP contribution in [0.5, 0.6) is 28.7 Å². The SMILES string of the molecule is CCCCOCCCNC(=O)N(c1ccc(N(C#CSOOC)CC)cc1C)C1(n2cccn2)C(Cc2ccccc2)=Nn2nc(C(C)CNS(=O)Oc3cc(N=COC(CC)Oc4ccc(C)cc4C)ccc3Oc3ccc(OC)cc3)nc21. The number of aromatic nitrogens is 5. The number of hydrogen-bond donors (Lipinski definition) is 2. The van der Waals surface area contributed by atoms with Gasteiger partial charge in [0, 0.05) is 87.1 Å². The summed E-state index contributed by atoms with van der Waals surface area (Å²) in [5, 5.41) is 21.2. The number of benzene rings is 5. The van der Waals surface area contributed by atoms with Crippen LogP contribution in [0.1, 0.15) is 93.2 Å². The van der Waals surface area contributed by atoms with Crippen molar-refractivity contribution in [2.75, 3.05) is 56.9 Å². The first kappa shape index (κ1) is 62.8. The van der Waals surface area contributed by atoms with Gasteiger partial charge in [-0.1, -0.05) is 75.2 Å². The van der Waals surface area contributed by atoms with E-state index in [0.717, 1.165) is 52.8 Å². The molecule has 2 aromatic heterocycles. The van der Waals surface area contributed by atoms with Gasteiger partial charge in [-0.3, -0.25) is 4.90 Å². The fourth-order valence-corrected chi connectivity index (χ4v) is 10.2. The molecule has 0 bridgehead atoms. The minimum atomic E-state index is -2.15. The van der Waals surface area contributed by atoms with Gasteiger partial charge in [0.1, 0.15) is 35.0 Å². The Balaban J connectivity index is 1.10. The first-order valence-electron chi connectivity index (χ1n) is 28.1. The second kappa shape index (κ2) is 31.1. The van der Waals surface area contributed by atoms with E-state index in [4.69, 9.17) is 57.4 Å². The van der Waals surface area contributed by atoms with Gasteiger partial charge in [-0.05, 0) is 124 Å². The molecule has 8 rings (SSSR count). The molecule has 0 saturated heterocycles. The zero-order valence-corrected chi connectivity index (χ0v) is 51.0. The molecule has 23 heteroatoms. The molecule has 4 unspecified atom stereocenters. The van der Waals surface area contributed by atoms with E-state index < -0.39 is 35.2 Å². The highest BCUT2D eigenvalue weighted by Crippen LogP contribution is 2.43. The molecular weight excluding hydrogens is 1120 g/mol. The van der Waals surface area contributed by atoms with Crippen LogP contribution in [0.4, 0.5) is 21.9 Å². The van der Waals surface area contributed by atoms with Gasteiger partial charge in [0.25, 0.3) is 11.3 Å². The van der Waals surface area contributed by atoms with Crippen LogP contribution in [0.15, 0.2) is 138 Å². The number of unbranched alkanes of at least 4 members (excludes halogenated alkanes) is 1. The van der Waals surface area contributed by atoms with Crippen LogP contribution in [-0.4, -0.2) is 100 Å². The van der Waals surface area contributed by atoms with Crippen LogP contribution < -0.4 is 38.2 Å². The lowest BCUT2D eigenvalue weighted by atomic mass is 9.93. The number of ether oxygens (including phenoxy) is 5. The van der Waals surface area contributed by atoms with Crippen LogP contribution in [0.3, 0.4) is 0 Å². The topological polar surface area (TPSA) is 212 Å². The second-order valence-corrected chi connectivity index (χ2v) is 21.2. The third-order valence-electron chi connectivity index (χ3n) is 13.5. The molecular formula is C62H73N11O10S2. The molecule has 0 radical (unpaired) electrons. The summed E-state index contributed by atoms with van der Waals surface area (Å²) in [6.07, 6.45) is 7.54. The number of nitrogens with one attached hydrogen (secondary N) is 2. The lowest BCUT2D eigenvalue weighted by Gasteiger charge is -2.41. The summed E-state index contributed by atoms with van der Waals surface area (Å²) >= 11 is -1.28. The van der Waals surface area contributed by atoms with Gasteiger partial charge in [-0.15, -0.1) is 14.2 Å². The van der Waals surface area contributed by atoms with Gasteiger partial charge >= 0.3 is 6.03 Å². The van der Waals surface area contributed by atoms with Crippen LogP contribution in [-0.2, 0) is 42.0 Å². The Bertz CT molecular complexity index is 3450. The van der Waals surface area contributed by atoms with Gasteiger partial charge in [-0.25, -0.2) is 29.1 Å². The number of methoxy groups -OCH3 is 1. The number of carbonyl (C=O) groups is 1. The number of hydrogen-bond acceptors (Lipinski definition) is 17. The Morgan fingerprint density at radius 3 is 2.40 bits per heavy atom. The highest BCUT2D eigenvalue weighted by molar-refractivity contribution is 7.99. The Hall–Kier alpha value is -8.24. The summed E-state index contributed by atoms with van der Waals surface area (Å²) in [7, 11) is 3.00. The number of urea groups is 1. The van der Waals surface area contributed by atoms with Crippen LogP contribution >= 0.6 is 12.0 Å². The standard InChI is InChI=1S/C62H73N11O10S2/c1-10-13-35-78-36-18-31-63-61(74)72(53-28-23-50(39-45(53)5)70(12-3)34-37-84-83-77-9)62(71-33-17-32-65-71)57(40-48-19-15-14-16-20-48)68-73-60(62)67-59(69-73)47(7)42-66-85(75)82-56-41-49(22-30-55(56)80-52-26-24-51(76-8)25-27-52)64-43-79-58(11-2)81-54-29-21-44(4)38-46(54)6/h14-17,19-30,32-33,38-39,41,43,47,58,66H,10-13,18,31,35-36,40,42H2,1-9H3,(H,63,74). The number of fused-ring (bicyclic) bond motifs is 1. The lowest BCUT2D eigenvalue weighted by molar-refractivity contribution is -0.158. The minimum Gasteiger partial charge on any atom is -0.497 e. The van der Waals surface area contributed by atoms with E-state index in [1.807, 2.05) is 113 Å². The van der Waals surface area contributed by atoms with E-state index in [0.29, 0.717) is 85.1 Å². The molecule has 5 aromatic carbocycles. The first-order chi connectivity index (χ1) is 41.4. The average Bonchev–Trinajstić information content (AvgIpc) is 1.63. The minimum absolute atomic E-state index is 0.0721. The van der Waals surface area contributed by atoms with Crippen molar-refractivity contribution in [2.24, 2.45) is 10.1 Å². The Morgan fingerprint density at radius 2 is 1.68 bits per heavy atom. The van der Waals surface area contributed by atoms with Crippen molar-refractivity contribution < 1.29 is 46.1 Å². The molecule has 2 amide bonds. The summed E-state index contributed by atoms with van der Waals surface area (Å²) in [6, 6.07) is 38.1. The maximum absolute atomic E-state index is 15.5. The summed E-state index contributed by atoms with van der Waals surface area (Å²) in [4.78, 5) is 35.0. The molecule has 7 aromatic rings. The molecule has 0 saturated carbocycles. The van der Waals surface area contributed by atoms with Crippen LogP contribution in [0.25, 0.3) is 0 Å². The number of rotatable bonds is 31. The molecule has 0 spiro atoms. The third-order valence-corrected chi connectivity index (χ3v) is 14.6. The highest BCUT2D eigenvalue weighted by atomic mass is 32.2. The Kier molecular flexibility index (Phi) is 22.9. The van der Waals surface area contributed by atoms with E-state index in [1.165, 1.54) is 18.3 Å². The molecule has 85 heavy (non-hydrogen) atoms. The summed E-state index contributed by atoms with van der Waals surface area (Å²) in [6.45, 7) is 16.0. The van der Waals surface area contributed by atoms with E-state index >= 15 is 4.79 Å². The van der Waals surface area contributed by atoms with Gasteiger partial charge in [0.15, 0.2) is 23.7 Å². The summed E-state index contributed by atoms with van der Waals surface area (Å²) in [5.41, 5.74) is 4.44.